The summed E-state index contributed by atoms with van der Waals surface area (Å²) >= 11 is 0. The molecule has 0 bridgehead atoms. The first-order chi connectivity index (χ1) is 31.8. The van der Waals surface area contributed by atoms with E-state index in [1.54, 1.807) is 43.3 Å². The monoisotopic (exact) mass is 962 g/mol. The highest BCUT2D eigenvalue weighted by molar-refractivity contribution is 6.61. The van der Waals surface area contributed by atoms with Crippen LogP contribution in [0.25, 0.3) is 0 Å². The lowest BCUT2D eigenvalue weighted by atomic mass is 9.88. The zero-order chi connectivity index (χ0) is 48.3. The molecule has 0 aliphatic rings. The van der Waals surface area contributed by atoms with Crippen molar-refractivity contribution in [3.8, 4) is 0 Å². The van der Waals surface area contributed by atoms with E-state index in [1.165, 1.54) is 15.6 Å². The van der Waals surface area contributed by atoms with Gasteiger partial charge in [0.05, 0.1) is 50.7 Å². The number of ether oxygens (including phenoxy) is 3. The fourth-order valence-electron chi connectivity index (χ4n) is 6.45. The van der Waals surface area contributed by atoms with Crippen LogP contribution in [0.3, 0.4) is 0 Å². The van der Waals surface area contributed by atoms with E-state index in [1.807, 2.05) is 36.4 Å². The number of carbonyl (C=O) groups is 6. The number of benzene rings is 3. The highest BCUT2D eigenvalue weighted by Crippen LogP contribution is 2.25. The second-order valence-corrected chi connectivity index (χ2v) is 21.6. The van der Waals surface area contributed by atoms with Gasteiger partial charge in [0.25, 0.3) is 0 Å². The lowest BCUT2D eigenvalue weighted by Gasteiger charge is -2.29. The third-order valence-electron chi connectivity index (χ3n) is 10.5. The first-order valence-electron chi connectivity index (χ1n) is 22.3. The Morgan fingerprint density at radius 1 is 0.409 bits per heavy atom. The zero-order valence-electron chi connectivity index (χ0n) is 39.0. The highest BCUT2D eigenvalue weighted by atomic mass is 28.2. The predicted molar refractivity (Wildman–Crippen MR) is 256 cm³/mol. The Balaban J connectivity index is 1.62. The topological polar surface area (TPSA) is 185 Å². The smallest absolute Gasteiger partial charge is 0.431 e. The van der Waals surface area contributed by atoms with Crippen molar-refractivity contribution in [1.82, 2.24) is 0 Å². The first-order valence-corrected chi connectivity index (χ1v) is 26.5. The second-order valence-electron chi connectivity index (χ2n) is 15.3. The molecule has 66 heavy (non-hydrogen) atoms. The minimum atomic E-state index is -1.52. The molecule has 0 radical (unpaired) electrons. The van der Waals surface area contributed by atoms with Crippen molar-refractivity contribution in [1.29, 1.82) is 0 Å². The van der Waals surface area contributed by atoms with E-state index in [0.29, 0.717) is 0 Å². The maximum Gasteiger partial charge on any atom is 0.549 e. The minimum absolute atomic E-state index is 0.00869. The van der Waals surface area contributed by atoms with E-state index >= 15 is 0 Å². The lowest BCUT2D eigenvalue weighted by Crippen LogP contribution is -2.39. The zero-order valence-corrected chi connectivity index (χ0v) is 43.2. The number of hydrogen-bond acceptors (Lipinski definition) is 15. The molecule has 3 aromatic rings. The largest absolute Gasteiger partial charge is 0.549 e. The van der Waals surface area contributed by atoms with Gasteiger partial charge in [-0.1, -0.05) is 134 Å². The molecule has 356 valence electrons. The Kier molecular flexibility index (Phi) is 24.0. The van der Waals surface area contributed by atoms with Crippen molar-refractivity contribution in [2.75, 3.05) is 19.8 Å². The molecule has 0 aliphatic carbocycles. The third-order valence-corrected chi connectivity index (χ3v) is 16.9. The van der Waals surface area contributed by atoms with E-state index in [4.69, 9.17) is 28.9 Å². The summed E-state index contributed by atoms with van der Waals surface area (Å²) in [7, 11) is -2.05. The molecule has 0 unspecified atom stereocenters. The molecular weight excluding hydrogens is 901 g/mol. The summed E-state index contributed by atoms with van der Waals surface area (Å²) in [6.07, 6.45) is 8.05. The molecule has 18 heteroatoms. The van der Waals surface area contributed by atoms with Gasteiger partial charge in [-0.05, 0) is 81.3 Å². The van der Waals surface area contributed by atoms with Crippen molar-refractivity contribution < 1.29 is 72.3 Å². The Morgan fingerprint density at radius 3 is 0.879 bits per heavy atom. The fourth-order valence-corrected chi connectivity index (χ4v) is 11.5. The van der Waals surface area contributed by atoms with Gasteiger partial charge >= 0.3 is 36.4 Å². The van der Waals surface area contributed by atoms with Crippen molar-refractivity contribution in [2.24, 2.45) is 5.41 Å². The summed E-state index contributed by atoms with van der Waals surface area (Å²) in [5.41, 5.74) is -1.12. The molecule has 15 nitrogen and oxygen atoms in total. The average Bonchev–Trinajstić information content (AvgIpc) is 3.34. The van der Waals surface area contributed by atoms with Crippen LogP contribution in [0.1, 0.15) is 124 Å². The summed E-state index contributed by atoms with van der Waals surface area (Å²) in [4.78, 5) is 104. The van der Waals surface area contributed by atoms with Gasteiger partial charge in [-0.3, -0.25) is 0 Å². The van der Waals surface area contributed by atoms with Gasteiger partial charge in [-0.25, -0.2) is 43.7 Å². The van der Waals surface area contributed by atoms with Crippen molar-refractivity contribution in [3.63, 3.8) is 0 Å². The maximum atomic E-state index is 12.7. The third kappa shape index (κ3) is 19.1. The Labute approximate surface area is 393 Å². The fraction of sp³-hybridized carbons (Fsp3) is 0.375. The number of allylic oxidation sites excluding steroid dienone is 6. The summed E-state index contributed by atoms with van der Waals surface area (Å²) < 4.78 is 15.6. The van der Waals surface area contributed by atoms with Crippen LogP contribution >= 0.6 is 0 Å². The molecule has 0 saturated carbocycles. The Morgan fingerprint density at radius 2 is 0.667 bits per heavy atom. The van der Waals surface area contributed by atoms with Gasteiger partial charge in [-0.2, -0.15) is 14.4 Å². The summed E-state index contributed by atoms with van der Waals surface area (Å²) in [5, 5.41) is 7.57. The SMILES string of the molecule is CCC=C(CC)[SiH2]c1ccc(C(=O)OOC(=O)OCC(CC)(COC(=O)OOC(=O)c2ccc([SiH2]C(=CCC)CC)cc2)COC(=O)OOC(=O)c2ccc([SiH2]C(=CCC)CC)cc2)cc1. The average molecular weight is 963 g/mol. The molecule has 0 atom stereocenters. The van der Waals surface area contributed by atoms with E-state index in [9.17, 15) is 28.8 Å². The molecule has 0 saturated heterocycles. The minimum Gasteiger partial charge on any atom is -0.431 e. The molecule has 0 aromatic heterocycles. The van der Waals surface area contributed by atoms with Crippen molar-refractivity contribution in [2.45, 2.75) is 93.4 Å². The molecular formula is C48H62O15Si3. The summed E-state index contributed by atoms with van der Waals surface area (Å²) in [5.74, 6) is -2.87. The molecule has 0 aliphatic heterocycles. The predicted octanol–water partition coefficient (Wildman–Crippen LogP) is 6.65. The number of hydrogen-bond donors (Lipinski definition) is 0. The van der Waals surface area contributed by atoms with Gasteiger partial charge in [0.15, 0.2) is 0 Å². The standard InChI is InChI=1S/C48H62O15Si3/c1-8-15-36(11-4)64-39-24-18-33(19-25-39)42(49)58-61-45(52)55-30-48(14-7,31-56-46(53)62-59-43(50)34-20-26-40(27-21-34)65-37(12-5)16-9-2)32-57-47(54)63-60-44(51)35-22-28-41(29-23-35)66-38(13-6)17-10-3/h15-29H,8-14,30-32,64-66H2,1-7H3. The van der Waals surface area contributed by atoms with Gasteiger partial charge in [0, 0.05) is 0 Å². The van der Waals surface area contributed by atoms with E-state index in [0.717, 1.165) is 54.1 Å². The van der Waals surface area contributed by atoms with Gasteiger partial charge in [-0.15, -0.1) is 0 Å². The van der Waals surface area contributed by atoms with Crippen LogP contribution < -0.4 is 15.6 Å². The number of carbonyl (C=O) groups excluding carboxylic acids is 6. The molecule has 3 rings (SSSR count). The molecule has 0 amide bonds. The quantitative estimate of drug-likeness (QED) is 0.0342. The van der Waals surface area contributed by atoms with Crippen LogP contribution in [-0.4, -0.2) is 84.8 Å². The van der Waals surface area contributed by atoms with Crippen molar-refractivity contribution >= 4 is 80.5 Å². The van der Waals surface area contributed by atoms with E-state index in [-0.39, 0.29) is 23.1 Å². The molecule has 0 spiro atoms. The van der Waals surface area contributed by atoms with Crippen LogP contribution in [0.5, 0.6) is 0 Å². The molecule has 0 fully saturated rings. The molecule has 3 aromatic carbocycles. The molecule has 0 heterocycles. The van der Waals surface area contributed by atoms with Gasteiger partial charge in [0.1, 0.15) is 19.8 Å². The van der Waals surface area contributed by atoms with Crippen LogP contribution in [0, 0.1) is 5.41 Å². The summed E-state index contributed by atoms with van der Waals surface area (Å²) in [6, 6.07) is 20.4. The Hall–Kier alpha value is -6.25. The van der Waals surface area contributed by atoms with Crippen LogP contribution in [-0.2, 0) is 43.5 Å². The Bertz CT molecular complexity index is 1910. The van der Waals surface area contributed by atoms with E-state index in [2.05, 4.69) is 74.4 Å². The normalized spacial score (nSPS) is 13.0. The second kappa shape index (κ2) is 29.3. The van der Waals surface area contributed by atoms with Crippen LogP contribution in [0.2, 0.25) is 0 Å². The lowest BCUT2D eigenvalue weighted by molar-refractivity contribution is -0.217. The summed E-state index contributed by atoms with van der Waals surface area (Å²) in [6.45, 7) is 12.2. The first kappa shape index (κ1) is 54.1. The van der Waals surface area contributed by atoms with E-state index < -0.39 is 90.2 Å². The maximum absolute atomic E-state index is 12.7. The highest BCUT2D eigenvalue weighted by Gasteiger charge is 2.36. The van der Waals surface area contributed by atoms with Crippen LogP contribution in [0.4, 0.5) is 14.4 Å². The van der Waals surface area contributed by atoms with Gasteiger partial charge in [0.2, 0.25) is 0 Å². The molecule has 0 N–H and O–H groups in total. The van der Waals surface area contributed by atoms with Crippen molar-refractivity contribution in [3.05, 3.63) is 123 Å². The van der Waals surface area contributed by atoms with Gasteiger partial charge < -0.3 is 14.2 Å². The van der Waals surface area contributed by atoms with Crippen LogP contribution in [0.15, 0.2) is 107 Å². The number of rotatable bonds is 22.